The molecule has 8 heteroatoms. The molecule has 1 aromatic rings. The van der Waals surface area contributed by atoms with E-state index in [0.717, 1.165) is 30.8 Å². The molecular formula is C21H38IN5O2. The standard InChI is InChI=1S/C21H37N5O2.HI/c1-5-17(6-2)19-12-18(28-25-19)14-23-21(24-15-20(27)26(3)4)22-13-16-10-8-7-9-11-16;/h12,16-17H,5-11,13-15H2,1-4H3,(H2,22,23,24);1H. The topological polar surface area (TPSA) is 82.8 Å². The minimum absolute atomic E-state index is 0. The minimum Gasteiger partial charge on any atom is -0.359 e. The third-order valence-corrected chi connectivity index (χ3v) is 5.57. The summed E-state index contributed by atoms with van der Waals surface area (Å²) in [5.41, 5.74) is 1.01. The van der Waals surface area contributed by atoms with Crippen molar-refractivity contribution in [3.05, 3.63) is 17.5 Å². The lowest BCUT2D eigenvalue weighted by molar-refractivity contribution is -0.127. The molecule has 0 radical (unpaired) electrons. The SMILES string of the molecule is CCC(CC)c1cc(CNC(=NCC(=O)N(C)C)NCC2CCCCC2)on1.I. The number of hydrogen-bond acceptors (Lipinski definition) is 4. The van der Waals surface area contributed by atoms with Gasteiger partial charge in [0.15, 0.2) is 11.7 Å². The maximum Gasteiger partial charge on any atom is 0.243 e. The number of halogens is 1. The van der Waals surface area contributed by atoms with Crippen LogP contribution in [0, 0.1) is 5.92 Å². The van der Waals surface area contributed by atoms with Crippen molar-refractivity contribution in [1.82, 2.24) is 20.7 Å². The third kappa shape index (κ3) is 8.92. The minimum atomic E-state index is -0.0190. The molecule has 2 rings (SSSR count). The summed E-state index contributed by atoms with van der Waals surface area (Å²) in [5.74, 6) is 2.54. The zero-order chi connectivity index (χ0) is 20.4. The van der Waals surface area contributed by atoms with Gasteiger partial charge in [-0.2, -0.15) is 0 Å². The number of amides is 1. The van der Waals surface area contributed by atoms with Crippen molar-refractivity contribution in [2.75, 3.05) is 27.2 Å². The number of guanidine groups is 1. The molecule has 1 saturated carbocycles. The Balaban J connectivity index is 0.00000420. The fourth-order valence-corrected chi connectivity index (χ4v) is 3.58. The molecule has 1 fully saturated rings. The highest BCUT2D eigenvalue weighted by molar-refractivity contribution is 14.0. The van der Waals surface area contributed by atoms with Crippen molar-refractivity contribution in [2.24, 2.45) is 10.9 Å². The van der Waals surface area contributed by atoms with Crippen molar-refractivity contribution >= 4 is 35.8 Å². The van der Waals surface area contributed by atoms with Crippen molar-refractivity contribution in [2.45, 2.75) is 71.3 Å². The molecule has 1 amide bonds. The van der Waals surface area contributed by atoms with Crippen LogP contribution in [0.4, 0.5) is 0 Å². The van der Waals surface area contributed by atoms with Gasteiger partial charge in [0.1, 0.15) is 6.54 Å². The van der Waals surface area contributed by atoms with Crippen molar-refractivity contribution in [3.8, 4) is 0 Å². The van der Waals surface area contributed by atoms with E-state index in [0.29, 0.717) is 24.3 Å². The molecule has 0 aromatic carbocycles. The molecule has 0 atom stereocenters. The van der Waals surface area contributed by atoms with Gasteiger partial charge >= 0.3 is 0 Å². The van der Waals surface area contributed by atoms with Gasteiger partial charge in [0, 0.05) is 32.6 Å². The van der Waals surface area contributed by atoms with Gasteiger partial charge in [-0.05, 0) is 31.6 Å². The number of likely N-dealkylation sites (N-methyl/N-ethyl adjacent to an activating group) is 1. The van der Waals surface area contributed by atoms with Crippen LogP contribution in [0.3, 0.4) is 0 Å². The molecule has 29 heavy (non-hydrogen) atoms. The first-order valence-corrected chi connectivity index (χ1v) is 10.7. The lowest BCUT2D eigenvalue weighted by atomic mass is 9.89. The van der Waals surface area contributed by atoms with Gasteiger partial charge in [-0.1, -0.05) is 38.3 Å². The van der Waals surface area contributed by atoms with E-state index in [4.69, 9.17) is 4.52 Å². The Bertz CT molecular complexity index is 622. The quantitative estimate of drug-likeness (QED) is 0.294. The van der Waals surface area contributed by atoms with E-state index in [-0.39, 0.29) is 36.4 Å². The summed E-state index contributed by atoms with van der Waals surface area (Å²) in [6.45, 7) is 5.85. The zero-order valence-electron chi connectivity index (χ0n) is 18.4. The molecule has 0 unspecified atom stereocenters. The Morgan fingerprint density at radius 2 is 1.93 bits per heavy atom. The predicted octanol–water partition coefficient (Wildman–Crippen LogP) is 3.90. The average molecular weight is 519 g/mol. The van der Waals surface area contributed by atoms with E-state index < -0.39 is 0 Å². The first-order chi connectivity index (χ1) is 13.5. The molecule has 1 aliphatic rings. The van der Waals surface area contributed by atoms with Crippen LogP contribution in [-0.4, -0.2) is 49.1 Å². The van der Waals surface area contributed by atoms with E-state index in [2.05, 4.69) is 34.6 Å². The first-order valence-electron chi connectivity index (χ1n) is 10.7. The van der Waals surface area contributed by atoms with Crippen molar-refractivity contribution in [3.63, 3.8) is 0 Å². The second kappa shape index (κ2) is 13.8. The molecule has 0 saturated heterocycles. The molecular weight excluding hydrogens is 481 g/mol. The Morgan fingerprint density at radius 1 is 1.24 bits per heavy atom. The van der Waals surface area contributed by atoms with Gasteiger partial charge < -0.3 is 20.1 Å². The highest BCUT2D eigenvalue weighted by Crippen LogP contribution is 2.23. The first kappa shape index (κ1) is 25.7. The number of nitrogens with one attached hydrogen (secondary N) is 2. The van der Waals surface area contributed by atoms with Crippen LogP contribution in [0.5, 0.6) is 0 Å². The van der Waals surface area contributed by atoms with E-state index in [1.54, 1.807) is 19.0 Å². The lowest BCUT2D eigenvalue weighted by Gasteiger charge is -2.23. The van der Waals surface area contributed by atoms with Crippen LogP contribution in [-0.2, 0) is 11.3 Å². The van der Waals surface area contributed by atoms with Crippen LogP contribution in [0.25, 0.3) is 0 Å². The predicted molar refractivity (Wildman–Crippen MR) is 128 cm³/mol. The largest absolute Gasteiger partial charge is 0.359 e. The molecule has 1 aliphatic carbocycles. The van der Waals surface area contributed by atoms with Crippen LogP contribution >= 0.6 is 24.0 Å². The van der Waals surface area contributed by atoms with Crippen LogP contribution in [0.2, 0.25) is 0 Å². The van der Waals surface area contributed by atoms with Gasteiger partial charge in [0.05, 0.1) is 12.2 Å². The fraction of sp³-hybridized carbons (Fsp3) is 0.762. The summed E-state index contributed by atoms with van der Waals surface area (Å²) < 4.78 is 5.49. The Kier molecular flexibility index (Phi) is 12.3. The summed E-state index contributed by atoms with van der Waals surface area (Å²) in [4.78, 5) is 17.9. The molecule has 1 heterocycles. The molecule has 0 bridgehead atoms. The average Bonchev–Trinajstić information content (AvgIpc) is 3.17. The summed E-state index contributed by atoms with van der Waals surface area (Å²) in [5, 5.41) is 10.9. The number of aliphatic imine (C=N–C) groups is 1. The molecule has 0 aliphatic heterocycles. The molecule has 2 N–H and O–H groups in total. The fourth-order valence-electron chi connectivity index (χ4n) is 3.58. The van der Waals surface area contributed by atoms with Crippen molar-refractivity contribution < 1.29 is 9.32 Å². The van der Waals surface area contributed by atoms with Crippen LogP contribution < -0.4 is 10.6 Å². The van der Waals surface area contributed by atoms with E-state index >= 15 is 0 Å². The second-order valence-corrected chi connectivity index (χ2v) is 7.92. The maximum absolute atomic E-state index is 11.9. The molecule has 0 spiro atoms. The van der Waals surface area contributed by atoms with Gasteiger partial charge in [-0.15, -0.1) is 24.0 Å². The van der Waals surface area contributed by atoms with Gasteiger partial charge in [0.25, 0.3) is 0 Å². The van der Waals surface area contributed by atoms with Gasteiger partial charge in [-0.25, -0.2) is 4.99 Å². The van der Waals surface area contributed by atoms with Crippen LogP contribution in [0.15, 0.2) is 15.6 Å². The molecule has 1 aromatic heterocycles. The van der Waals surface area contributed by atoms with Crippen molar-refractivity contribution in [1.29, 1.82) is 0 Å². The Hall–Kier alpha value is -1.32. The second-order valence-electron chi connectivity index (χ2n) is 7.92. The number of hydrogen-bond donors (Lipinski definition) is 2. The number of carbonyl (C=O) groups is 1. The third-order valence-electron chi connectivity index (χ3n) is 5.57. The van der Waals surface area contributed by atoms with E-state index in [1.165, 1.54) is 32.1 Å². The number of nitrogens with zero attached hydrogens (tertiary/aromatic N) is 3. The summed E-state index contributed by atoms with van der Waals surface area (Å²) >= 11 is 0. The maximum atomic E-state index is 11.9. The summed E-state index contributed by atoms with van der Waals surface area (Å²) in [6.07, 6.45) is 8.59. The van der Waals surface area contributed by atoms with Gasteiger partial charge in [0.2, 0.25) is 5.91 Å². The van der Waals surface area contributed by atoms with E-state index in [9.17, 15) is 4.79 Å². The zero-order valence-corrected chi connectivity index (χ0v) is 20.7. The molecule has 166 valence electrons. The monoisotopic (exact) mass is 519 g/mol. The number of carbonyl (C=O) groups excluding carboxylic acids is 1. The Labute approximate surface area is 192 Å². The van der Waals surface area contributed by atoms with E-state index in [1.807, 2.05) is 6.07 Å². The van der Waals surface area contributed by atoms with Crippen LogP contribution in [0.1, 0.15) is 76.2 Å². The normalized spacial score (nSPS) is 15.1. The lowest BCUT2D eigenvalue weighted by Crippen LogP contribution is -2.40. The Morgan fingerprint density at radius 3 is 2.55 bits per heavy atom. The smallest absolute Gasteiger partial charge is 0.243 e. The highest BCUT2D eigenvalue weighted by atomic mass is 127. The molecule has 7 nitrogen and oxygen atoms in total. The van der Waals surface area contributed by atoms with Gasteiger partial charge in [-0.3, -0.25) is 4.79 Å². The highest BCUT2D eigenvalue weighted by Gasteiger charge is 2.15. The summed E-state index contributed by atoms with van der Waals surface area (Å²) in [6, 6.07) is 2.02. The number of rotatable bonds is 9. The number of aromatic nitrogens is 1. The summed E-state index contributed by atoms with van der Waals surface area (Å²) in [7, 11) is 3.49.